The van der Waals surface area contributed by atoms with Crippen LogP contribution in [-0.2, 0) is 9.53 Å². The molecule has 1 heterocycles. The fourth-order valence-electron chi connectivity index (χ4n) is 4.94. The average molecular weight is 546 g/mol. The number of hydrogen-bond donors (Lipinski definition) is 0. The minimum Gasteiger partial charge on any atom is -0.494 e. The highest BCUT2D eigenvalue weighted by molar-refractivity contribution is 5.86. The molecule has 216 valence electrons. The molecule has 2 aromatic rings. The van der Waals surface area contributed by atoms with E-state index < -0.39 is 0 Å². The van der Waals surface area contributed by atoms with Gasteiger partial charge in [0.05, 0.1) is 31.3 Å². The molecule has 2 saturated carbocycles. The van der Waals surface area contributed by atoms with Crippen molar-refractivity contribution < 1.29 is 14.3 Å². The van der Waals surface area contributed by atoms with E-state index in [9.17, 15) is 4.79 Å². The van der Waals surface area contributed by atoms with E-state index in [1.54, 1.807) is 19.3 Å². The topological polar surface area (TPSA) is 73.1 Å². The quantitative estimate of drug-likeness (QED) is 0.116. The Bertz CT molecular complexity index is 1030. The Morgan fingerprint density at radius 3 is 1.88 bits per heavy atom. The number of unbranched alkanes of at least 4 members (excludes halogenated alkanes) is 3. The molecule has 6 heteroatoms. The molecular weight excluding hydrogens is 498 g/mol. The Balaban J connectivity index is 0.000000249. The number of ether oxygens (including phenoxy) is 2. The lowest BCUT2D eigenvalue weighted by Crippen LogP contribution is -2.10. The van der Waals surface area contributed by atoms with Gasteiger partial charge in [-0.15, -0.1) is 0 Å². The molecule has 0 N–H and O–H groups in total. The van der Waals surface area contributed by atoms with Crippen LogP contribution in [-0.4, -0.2) is 42.3 Å². The zero-order valence-corrected chi connectivity index (χ0v) is 24.4. The molecule has 4 rings (SSSR count). The summed E-state index contributed by atoms with van der Waals surface area (Å²) in [6, 6.07) is 16.1. The molecule has 0 bridgehead atoms. The van der Waals surface area contributed by atoms with Crippen LogP contribution >= 0.6 is 0 Å². The van der Waals surface area contributed by atoms with Crippen LogP contribution in [0.4, 0.5) is 0 Å². The van der Waals surface area contributed by atoms with Gasteiger partial charge in [-0.25, -0.2) is 14.8 Å². The summed E-state index contributed by atoms with van der Waals surface area (Å²) < 4.78 is 10.8. The first-order chi connectivity index (χ1) is 19.6. The second-order valence-corrected chi connectivity index (χ2v) is 10.9. The fraction of sp³-hybridized carbons (Fsp3) is 0.559. The number of benzene rings is 1. The monoisotopic (exact) mass is 545 g/mol. The molecule has 40 heavy (non-hydrogen) atoms. The third-order valence-corrected chi connectivity index (χ3v) is 7.39. The van der Waals surface area contributed by atoms with E-state index in [0.29, 0.717) is 30.9 Å². The molecule has 0 saturated heterocycles. The second-order valence-electron chi connectivity index (χ2n) is 10.9. The lowest BCUT2D eigenvalue weighted by Gasteiger charge is -2.17. The van der Waals surface area contributed by atoms with Gasteiger partial charge in [-0.05, 0) is 93.7 Å². The van der Waals surface area contributed by atoms with Gasteiger partial charge in [0.15, 0.2) is 0 Å². The Morgan fingerprint density at radius 1 is 0.800 bits per heavy atom. The first kappa shape index (κ1) is 31.3. The van der Waals surface area contributed by atoms with Gasteiger partial charge in [-0.1, -0.05) is 57.2 Å². The van der Waals surface area contributed by atoms with Gasteiger partial charge in [-0.2, -0.15) is 0 Å². The van der Waals surface area contributed by atoms with Gasteiger partial charge in [-0.3, -0.25) is 4.98 Å². The molecule has 0 aliphatic heterocycles. The molecule has 0 spiro atoms. The predicted octanol–water partition coefficient (Wildman–Crippen LogP) is 8.63. The molecule has 0 atom stereocenters. The zero-order chi connectivity index (χ0) is 28.3. The van der Waals surface area contributed by atoms with Gasteiger partial charge < -0.3 is 9.47 Å². The molecule has 0 unspecified atom stereocenters. The summed E-state index contributed by atoms with van der Waals surface area (Å²) >= 11 is 0. The fourth-order valence-corrected chi connectivity index (χ4v) is 4.94. The number of carbonyl (C=O) groups is 1. The molecule has 2 aliphatic carbocycles. The molecule has 1 aromatic carbocycles. The SMILES string of the molecule is C(=NC1CCCCC1)=NC1CCCCC1.C=C(C)C(=O)OCCCCCCOc1ccc(-c2ccncc2)cc1. The summed E-state index contributed by atoms with van der Waals surface area (Å²) in [6.07, 6.45) is 20.7. The van der Waals surface area contributed by atoms with Crippen molar-refractivity contribution in [1.29, 1.82) is 0 Å². The van der Waals surface area contributed by atoms with Gasteiger partial charge in [0, 0.05) is 18.0 Å². The number of esters is 1. The minimum absolute atomic E-state index is 0.307. The normalized spacial score (nSPS) is 15.6. The van der Waals surface area contributed by atoms with E-state index in [4.69, 9.17) is 9.47 Å². The van der Waals surface area contributed by atoms with Crippen LogP contribution in [0.3, 0.4) is 0 Å². The molecule has 1 aromatic heterocycles. The van der Waals surface area contributed by atoms with E-state index in [0.717, 1.165) is 42.6 Å². The maximum absolute atomic E-state index is 11.2. The minimum atomic E-state index is -0.307. The van der Waals surface area contributed by atoms with Gasteiger partial charge in [0.25, 0.3) is 0 Å². The highest BCUT2D eigenvalue weighted by Crippen LogP contribution is 2.23. The van der Waals surface area contributed by atoms with E-state index in [2.05, 4.69) is 39.7 Å². The highest BCUT2D eigenvalue weighted by Gasteiger charge is 2.12. The molecule has 2 fully saturated rings. The summed E-state index contributed by atoms with van der Waals surface area (Å²) in [7, 11) is 0. The van der Waals surface area contributed by atoms with E-state index in [-0.39, 0.29) is 5.97 Å². The zero-order valence-electron chi connectivity index (χ0n) is 24.4. The van der Waals surface area contributed by atoms with Crippen LogP contribution in [0.15, 0.2) is 70.9 Å². The Labute approximate surface area is 241 Å². The average Bonchev–Trinajstić information content (AvgIpc) is 3.00. The van der Waals surface area contributed by atoms with Crippen molar-refractivity contribution in [2.75, 3.05) is 13.2 Å². The van der Waals surface area contributed by atoms with E-state index >= 15 is 0 Å². The highest BCUT2D eigenvalue weighted by atomic mass is 16.5. The number of pyridine rings is 1. The predicted molar refractivity (Wildman–Crippen MR) is 163 cm³/mol. The Kier molecular flexibility index (Phi) is 14.8. The van der Waals surface area contributed by atoms with E-state index in [1.807, 2.05) is 24.3 Å². The second kappa shape index (κ2) is 18.9. The van der Waals surface area contributed by atoms with Crippen LogP contribution in [0.5, 0.6) is 5.75 Å². The van der Waals surface area contributed by atoms with Crippen molar-refractivity contribution in [3.63, 3.8) is 0 Å². The summed E-state index contributed by atoms with van der Waals surface area (Å²) in [4.78, 5) is 24.2. The van der Waals surface area contributed by atoms with Gasteiger partial charge >= 0.3 is 5.97 Å². The summed E-state index contributed by atoms with van der Waals surface area (Å²) in [5, 5.41) is 0. The van der Waals surface area contributed by atoms with Crippen molar-refractivity contribution in [3.8, 4) is 16.9 Å². The molecule has 0 radical (unpaired) electrons. The van der Waals surface area contributed by atoms with Crippen molar-refractivity contribution in [2.45, 2.75) is 109 Å². The van der Waals surface area contributed by atoms with Gasteiger partial charge in [0.2, 0.25) is 0 Å². The Morgan fingerprint density at radius 2 is 1.32 bits per heavy atom. The van der Waals surface area contributed by atoms with E-state index in [1.165, 1.54) is 64.2 Å². The Hall–Kier alpha value is -3.24. The van der Waals surface area contributed by atoms with Crippen molar-refractivity contribution in [3.05, 3.63) is 60.9 Å². The van der Waals surface area contributed by atoms with Crippen LogP contribution in [0, 0.1) is 0 Å². The summed E-state index contributed by atoms with van der Waals surface area (Å²) in [6.45, 7) is 6.36. The molecule has 6 nitrogen and oxygen atoms in total. The van der Waals surface area contributed by atoms with Gasteiger partial charge in [0.1, 0.15) is 5.75 Å². The van der Waals surface area contributed by atoms with Crippen LogP contribution in [0.25, 0.3) is 11.1 Å². The first-order valence-corrected chi connectivity index (χ1v) is 15.2. The van der Waals surface area contributed by atoms with Crippen molar-refractivity contribution in [2.24, 2.45) is 9.98 Å². The number of aliphatic imine (C=N–C) groups is 2. The number of rotatable bonds is 12. The number of aromatic nitrogens is 1. The van der Waals surface area contributed by atoms with Crippen LogP contribution in [0.2, 0.25) is 0 Å². The maximum Gasteiger partial charge on any atom is 0.333 e. The first-order valence-electron chi connectivity index (χ1n) is 15.2. The van der Waals surface area contributed by atoms with Crippen molar-refractivity contribution in [1.82, 2.24) is 4.98 Å². The molecule has 0 amide bonds. The molecule has 2 aliphatic rings. The third-order valence-electron chi connectivity index (χ3n) is 7.39. The van der Waals surface area contributed by atoms with Crippen molar-refractivity contribution >= 4 is 12.0 Å². The number of hydrogen-bond acceptors (Lipinski definition) is 6. The maximum atomic E-state index is 11.2. The lowest BCUT2D eigenvalue weighted by atomic mass is 9.96. The smallest absolute Gasteiger partial charge is 0.333 e. The summed E-state index contributed by atoms with van der Waals surface area (Å²) in [5.74, 6) is 0.576. The number of carbonyl (C=O) groups excluding carboxylic acids is 1. The lowest BCUT2D eigenvalue weighted by molar-refractivity contribution is -0.139. The van der Waals surface area contributed by atoms with Crippen LogP contribution in [0.1, 0.15) is 96.8 Å². The van der Waals surface area contributed by atoms with Crippen LogP contribution < -0.4 is 4.74 Å². The summed E-state index contributed by atoms with van der Waals surface area (Å²) in [5.41, 5.74) is 2.75. The third kappa shape index (κ3) is 12.7. The largest absolute Gasteiger partial charge is 0.494 e. The standard InChI is InChI=1S/C21H25NO3.C13H22N2/c1-17(2)21(23)25-16-6-4-3-5-15-24-20-9-7-18(8-10-20)19-11-13-22-14-12-19;1-3-7-12(8-4-1)14-11-15-13-9-5-2-6-10-13/h7-14H,1,3-6,15-16H2,2H3;12-13H,1-10H2. The number of nitrogens with zero attached hydrogens (tertiary/aromatic N) is 3. The molecular formula is C34H47N3O3.